The van der Waals surface area contributed by atoms with E-state index in [9.17, 15) is 0 Å². The summed E-state index contributed by atoms with van der Waals surface area (Å²) in [7, 11) is 0. The van der Waals surface area contributed by atoms with Crippen LogP contribution in [-0.4, -0.2) is 0 Å². The van der Waals surface area contributed by atoms with Crippen molar-refractivity contribution in [2.45, 2.75) is 39.5 Å². The van der Waals surface area contributed by atoms with Crippen LogP contribution in [0.15, 0.2) is 23.3 Å². The summed E-state index contributed by atoms with van der Waals surface area (Å²) >= 11 is 0. The highest BCUT2D eigenvalue weighted by Crippen LogP contribution is 2.45. The third kappa shape index (κ3) is 1.05. The van der Waals surface area contributed by atoms with E-state index in [0.717, 1.165) is 0 Å². The highest BCUT2D eigenvalue weighted by Gasteiger charge is 2.30. The first-order valence-corrected chi connectivity index (χ1v) is 4.59. The molecule has 0 heteroatoms. The van der Waals surface area contributed by atoms with E-state index in [4.69, 9.17) is 0 Å². The molecule has 11 heavy (non-hydrogen) atoms. The fraction of sp³-hybridized carbons (Fsp3) is 0.636. The largest absolute Gasteiger partial charge is 0.0839 e. The summed E-state index contributed by atoms with van der Waals surface area (Å²) < 4.78 is 0. The quantitative estimate of drug-likeness (QED) is 0.493. The third-order valence-corrected chi connectivity index (χ3v) is 3.06. The van der Waals surface area contributed by atoms with E-state index in [-0.39, 0.29) is 0 Å². The van der Waals surface area contributed by atoms with Gasteiger partial charge in [0.15, 0.2) is 0 Å². The van der Waals surface area contributed by atoms with Crippen molar-refractivity contribution in [1.29, 1.82) is 0 Å². The van der Waals surface area contributed by atoms with Crippen LogP contribution in [0.3, 0.4) is 0 Å². The summed E-state index contributed by atoms with van der Waals surface area (Å²) in [6, 6.07) is 0. The Morgan fingerprint density at radius 2 is 2.09 bits per heavy atom. The van der Waals surface area contributed by atoms with E-state index in [1.807, 2.05) is 0 Å². The monoisotopic (exact) mass is 148 g/mol. The Morgan fingerprint density at radius 1 is 1.27 bits per heavy atom. The van der Waals surface area contributed by atoms with E-state index < -0.39 is 0 Å². The van der Waals surface area contributed by atoms with Gasteiger partial charge in [-0.3, -0.25) is 0 Å². The van der Waals surface area contributed by atoms with Crippen molar-refractivity contribution in [2.75, 3.05) is 0 Å². The highest BCUT2D eigenvalue weighted by molar-refractivity contribution is 5.38. The van der Waals surface area contributed by atoms with E-state index in [0.29, 0.717) is 5.41 Å². The second kappa shape index (κ2) is 2.23. The van der Waals surface area contributed by atoms with Crippen LogP contribution in [-0.2, 0) is 0 Å². The van der Waals surface area contributed by atoms with Gasteiger partial charge >= 0.3 is 0 Å². The van der Waals surface area contributed by atoms with Gasteiger partial charge in [-0.25, -0.2) is 0 Å². The summed E-state index contributed by atoms with van der Waals surface area (Å²) in [6.07, 6.45) is 10.00. The fourth-order valence-corrected chi connectivity index (χ4v) is 2.27. The molecule has 0 aromatic rings. The molecule has 0 amide bonds. The van der Waals surface area contributed by atoms with Crippen LogP contribution in [0.5, 0.6) is 0 Å². The molecule has 0 bridgehead atoms. The molecule has 0 nitrogen and oxygen atoms in total. The van der Waals surface area contributed by atoms with Crippen LogP contribution in [0, 0.1) is 5.41 Å². The van der Waals surface area contributed by atoms with Crippen molar-refractivity contribution in [2.24, 2.45) is 5.41 Å². The minimum atomic E-state index is 0.478. The lowest BCUT2D eigenvalue weighted by molar-refractivity contribution is 0.452. The number of hydrogen-bond acceptors (Lipinski definition) is 0. The summed E-state index contributed by atoms with van der Waals surface area (Å²) in [5, 5.41) is 0. The van der Waals surface area contributed by atoms with Gasteiger partial charge in [0.05, 0.1) is 0 Å². The van der Waals surface area contributed by atoms with Crippen LogP contribution < -0.4 is 0 Å². The minimum absolute atomic E-state index is 0.478. The summed E-state index contributed by atoms with van der Waals surface area (Å²) in [4.78, 5) is 0. The Bertz CT molecular complexity index is 228. The standard InChI is InChI=1S/C11H16/c1-11(2)8-7-9-5-3-4-6-10(9)11/h4,6H,3,5,7-8H2,1-2H3. The molecule has 0 radical (unpaired) electrons. The first-order valence-electron chi connectivity index (χ1n) is 4.59. The van der Waals surface area contributed by atoms with Crippen LogP contribution >= 0.6 is 0 Å². The zero-order chi connectivity index (χ0) is 7.90. The van der Waals surface area contributed by atoms with Gasteiger partial charge in [0.1, 0.15) is 0 Å². The molecule has 2 aliphatic rings. The van der Waals surface area contributed by atoms with Crippen LogP contribution in [0.4, 0.5) is 0 Å². The smallest absolute Gasteiger partial charge is 0.0101 e. The van der Waals surface area contributed by atoms with E-state index in [1.165, 1.54) is 25.7 Å². The lowest BCUT2D eigenvalue weighted by atomic mass is 9.83. The second-order valence-corrected chi connectivity index (χ2v) is 4.34. The first-order chi connectivity index (χ1) is 5.20. The van der Waals surface area contributed by atoms with Crippen molar-refractivity contribution >= 4 is 0 Å². The molecule has 0 spiro atoms. The van der Waals surface area contributed by atoms with Gasteiger partial charge in [-0.15, -0.1) is 0 Å². The predicted molar refractivity (Wildman–Crippen MR) is 48.4 cm³/mol. The van der Waals surface area contributed by atoms with E-state index >= 15 is 0 Å². The van der Waals surface area contributed by atoms with Crippen molar-refractivity contribution in [3.63, 3.8) is 0 Å². The van der Waals surface area contributed by atoms with Crippen LogP contribution in [0.25, 0.3) is 0 Å². The SMILES string of the molecule is CC1(C)CCC2=C1C=CCC2. The molecule has 2 rings (SSSR count). The predicted octanol–water partition coefficient (Wildman–Crippen LogP) is 3.45. The Kier molecular flexibility index (Phi) is 1.45. The fourth-order valence-electron chi connectivity index (χ4n) is 2.27. The van der Waals surface area contributed by atoms with Gasteiger partial charge in [-0.1, -0.05) is 31.6 Å². The highest BCUT2D eigenvalue weighted by atomic mass is 14.4. The lowest BCUT2D eigenvalue weighted by Crippen LogP contribution is -2.08. The molecule has 0 atom stereocenters. The topological polar surface area (TPSA) is 0 Å². The van der Waals surface area contributed by atoms with Crippen molar-refractivity contribution in [3.05, 3.63) is 23.3 Å². The first kappa shape index (κ1) is 7.15. The van der Waals surface area contributed by atoms with E-state index in [1.54, 1.807) is 11.1 Å². The maximum Gasteiger partial charge on any atom is -0.0101 e. The molecule has 0 fully saturated rings. The summed E-state index contributed by atoms with van der Waals surface area (Å²) in [5.41, 5.74) is 3.85. The van der Waals surface area contributed by atoms with Gasteiger partial charge in [0.2, 0.25) is 0 Å². The Balaban J connectivity index is 2.37. The molecule has 0 aromatic carbocycles. The zero-order valence-corrected chi connectivity index (χ0v) is 7.48. The maximum absolute atomic E-state index is 2.37. The van der Waals surface area contributed by atoms with Crippen LogP contribution in [0.2, 0.25) is 0 Å². The third-order valence-electron chi connectivity index (χ3n) is 3.06. The molecule has 60 valence electrons. The van der Waals surface area contributed by atoms with Gasteiger partial charge < -0.3 is 0 Å². The second-order valence-electron chi connectivity index (χ2n) is 4.34. The normalized spacial score (nSPS) is 27.5. The minimum Gasteiger partial charge on any atom is -0.0839 e. The Labute approximate surface area is 69.0 Å². The molecule has 0 aromatic heterocycles. The van der Waals surface area contributed by atoms with Gasteiger partial charge in [-0.2, -0.15) is 0 Å². The van der Waals surface area contributed by atoms with Crippen molar-refractivity contribution in [1.82, 2.24) is 0 Å². The van der Waals surface area contributed by atoms with Gasteiger partial charge in [-0.05, 0) is 36.7 Å². The number of allylic oxidation sites excluding steroid dienone is 4. The molecular formula is C11H16. The molecule has 0 N–H and O–H groups in total. The maximum atomic E-state index is 2.37. The molecule has 0 saturated heterocycles. The van der Waals surface area contributed by atoms with Crippen LogP contribution in [0.1, 0.15) is 39.5 Å². The van der Waals surface area contributed by atoms with Crippen molar-refractivity contribution in [3.8, 4) is 0 Å². The zero-order valence-electron chi connectivity index (χ0n) is 7.48. The molecule has 0 aliphatic heterocycles. The van der Waals surface area contributed by atoms with E-state index in [2.05, 4.69) is 26.0 Å². The molecule has 2 aliphatic carbocycles. The Morgan fingerprint density at radius 3 is 2.82 bits per heavy atom. The summed E-state index contributed by atoms with van der Waals surface area (Å²) in [5.74, 6) is 0. The lowest BCUT2D eigenvalue weighted by Gasteiger charge is -2.21. The Hall–Kier alpha value is -0.520. The van der Waals surface area contributed by atoms with Crippen molar-refractivity contribution < 1.29 is 0 Å². The average Bonchev–Trinajstić information content (AvgIpc) is 2.29. The molecular weight excluding hydrogens is 132 g/mol. The molecule has 0 heterocycles. The van der Waals surface area contributed by atoms with Gasteiger partial charge in [0.25, 0.3) is 0 Å². The molecule has 0 unspecified atom stereocenters. The summed E-state index contributed by atoms with van der Waals surface area (Å²) in [6.45, 7) is 4.73. The van der Waals surface area contributed by atoms with Gasteiger partial charge in [0, 0.05) is 0 Å². The molecule has 0 saturated carbocycles. The number of hydrogen-bond donors (Lipinski definition) is 0. The average molecular weight is 148 g/mol. The number of rotatable bonds is 0.